The Morgan fingerprint density at radius 3 is 3.19 bits per heavy atom. The Morgan fingerprint density at radius 1 is 1.31 bits per heavy atom. The molecule has 0 amide bonds. The summed E-state index contributed by atoms with van der Waals surface area (Å²) >= 11 is 0. The molecule has 0 atom stereocenters. The van der Waals surface area contributed by atoms with Crippen LogP contribution in [0.4, 0.5) is 5.95 Å². The van der Waals surface area contributed by atoms with E-state index < -0.39 is 0 Å². The van der Waals surface area contributed by atoms with Gasteiger partial charge in [0.15, 0.2) is 5.69 Å². The summed E-state index contributed by atoms with van der Waals surface area (Å²) in [6.45, 7) is 0. The summed E-state index contributed by atoms with van der Waals surface area (Å²) in [7, 11) is 0. The summed E-state index contributed by atoms with van der Waals surface area (Å²) in [5.41, 5.74) is 5.04. The molecule has 0 aromatic carbocycles. The van der Waals surface area contributed by atoms with Crippen LogP contribution in [-0.4, -0.2) is 36.6 Å². The summed E-state index contributed by atoms with van der Waals surface area (Å²) in [4.78, 5) is 0. The number of nitrogens with zero attached hydrogens (tertiary/aromatic N) is 6. The third kappa shape index (κ3) is 1.51. The minimum Gasteiger partial charge on any atom is -0.244 e. The van der Waals surface area contributed by atoms with Crippen LogP contribution in [0.3, 0.4) is 0 Å². The van der Waals surface area contributed by atoms with E-state index in [2.05, 4.69) is 46.1 Å². The molecule has 9 heteroatoms. The van der Waals surface area contributed by atoms with Crippen LogP contribution in [0.25, 0.3) is 0 Å². The quantitative estimate of drug-likeness (QED) is 0.669. The molecule has 0 aliphatic heterocycles. The number of hydrazone groups is 1. The highest BCUT2D eigenvalue weighted by Crippen LogP contribution is 2.18. The van der Waals surface area contributed by atoms with E-state index in [0.717, 1.165) is 30.7 Å². The highest BCUT2D eigenvalue weighted by atomic mass is 16.6. The first kappa shape index (κ1) is 8.95. The van der Waals surface area contributed by atoms with E-state index in [0.29, 0.717) is 11.6 Å². The number of hydrogen-bond acceptors (Lipinski definition) is 8. The Balaban J connectivity index is 1.84. The van der Waals surface area contributed by atoms with E-state index in [9.17, 15) is 0 Å². The van der Waals surface area contributed by atoms with Gasteiger partial charge in [0.2, 0.25) is 0 Å². The second-order valence-electron chi connectivity index (χ2n) is 3.32. The standard InChI is InChI=1S/C7H8N8O/c1-2-4(6-5(3-1)12-16-13-6)8-9-7-10-14-15-11-7/h1-3H2,(H2,9,10,11,14,15). The van der Waals surface area contributed by atoms with Gasteiger partial charge >= 0.3 is 0 Å². The largest absolute Gasteiger partial charge is 0.283 e. The molecule has 2 N–H and O–H groups in total. The molecule has 9 nitrogen and oxygen atoms in total. The SMILES string of the molecule is C1CC(=NNc2nn[nH]n2)c2nonc2C1. The van der Waals surface area contributed by atoms with Gasteiger partial charge in [-0.2, -0.15) is 10.3 Å². The maximum absolute atomic E-state index is 4.68. The van der Waals surface area contributed by atoms with Crippen molar-refractivity contribution in [3.63, 3.8) is 0 Å². The van der Waals surface area contributed by atoms with Crippen molar-refractivity contribution in [3.8, 4) is 0 Å². The Kier molecular flexibility index (Phi) is 2.06. The van der Waals surface area contributed by atoms with Crippen LogP contribution in [0.1, 0.15) is 24.2 Å². The zero-order chi connectivity index (χ0) is 10.8. The molecule has 0 saturated carbocycles. The van der Waals surface area contributed by atoms with Gasteiger partial charge in [0.1, 0.15) is 5.69 Å². The van der Waals surface area contributed by atoms with Gasteiger partial charge in [-0.25, -0.2) is 10.1 Å². The van der Waals surface area contributed by atoms with Crippen molar-refractivity contribution >= 4 is 11.7 Å². The molecular formula is C7H8N8O. The number of aryl methyl sites for hydroxylation is 1. The lowest BCUT2D eigenvalue weighted by Gasteiger charge is -2.08. The minimum absolute atomic E-state index is 0.316. The second kappa shape index (κ2) is 3.68. The fraction of sp³-hybridized carbons (Fsp3) is 0.429. The molecule has 0 radical (unpaired) electrons. The van der Waals surface area contributed by atoms with E-state index in [-0.39, 0.29) is 0 Å². The first-order chi connectivity index (χ1) is 7.93. The van der Waals surface area contributed by atoms with Gasteiger partial charge in [-0.05, 0) is 29.6 Å². The average molecular weight is 220 g/mol. The van der Waals surface area contributed by atoms with Crippen molar-refractivity contribution in [2.75, 3.05) is 5.43 Å². The molecule has 2 heterocycles. The Bertz CT molecular complexity index is 500. The number of aromatic nitrogens is 6. The lowest BCUT2D eigenvalue weighted by atomic mass is 9.99. The minimum atomic E-state index is 0.316. The van der Waals surface area contributed by atoms with E-state index in [4.69, 9.17) is 0 Å². The molecule has 0 spiro atoms. The summed E-state index contributed by atoms with van der Waals surface area (Å²) in [5, 5.41) is 25.0. The predicted molar refractivity (Wildman–Crippen MR) is 51.6 cm³/mol. The van der Waals surface area contributed by atoms with Crippen LogP contribution in [-0.2, 0) is 6.42 Å². The van der Waals surface area contributed by atoms with Crippen molar-refractivity contribution in [1.82, 2.24) is 30.9 Å². The van der Waals surface area contributed by atoms with Crippen LogP contribution < -0.4 is 5.43 Å². The van der Waals surface area contributed by atoms with Gasteiger partial charge in [0.05, 0.1) is 5.71 Å². The lowest BCUT2D eigenvalue weighted by molar-refractivity contribution is 0.303. The monoisotopic (exact) mass is 220 g/mol. The number of anilines is 1. The number of nitrogens with one attached hydrogen (secondary N) is 2. The van der Waals surface area contributed by atoms with Gasteiger partial charge in [0.25, 0.3) is 5.95 Å². The molecular weight excluding hydrogens is 212 g/mol. The molecule has 0 unspecified atom stereocenters. The zero-order valence-electron chi connectivity index (χ0n) is 8.21. The van der Waals surface area contributed by atoms with Crippen LogP contribution >= 0.6 is 0 Å². The number of fused-ring (bicyclic) bond motifs is 1. The van der Waals surface area contributed by atoms with Gasteiger partial charge in [-0.1, -0.05) is 10.3 Å². The molecule has 0 fully saturated rings. The summed E-state index contributed by atoms with van der Waals surface area (Å²) in [6, 6.07) is 0. The number of aromatic amines is 1. The Morgan fingerprint density at radius 2 is 2.31 bits per heavy atom. The third-order valence-corrected chi connectivity index (χ3v) is 2.29. The first-order valence-electron chi connectivity index (χ1n) is 4.81. The van der Waals surface area contributed by atoms with Crippen molar-refractivity contribution in [3.05, 3.63) is 11.4 Å². The molecule has 3 rings (SSSR count). The summed E-state index contributed by atoms with van der Waals surface area (Å²) in [5.74, 6) is 0.316. The van der Waals surface area contributed by atoms with Gasteiger partial charge in [0, 0.05) is 0 Å². The van der Waals surface area contributed by atoms with Crippen molar-refractivity contribution in [2.24, 2.45) is 5.10 Å². The third-order valence-electron chi connectivity index (χ3n) is 2.29. The number of rotatable bonds is 2. The normalized spacial score (nSPS) is 17.4. The highest BCUT2D eigenvalue weighted by Gasteiger charge is 2.21. The van der Waals surface area contributed by atoms with Crippen LogP contribution in [0.2, 0.25) is 0 Å². The molecule has 1 aliphatic rings. The van der Waals surface area contributed by atoms with Crippen LogP contribution in [0, 0.1) is 0 Å². The predicted octanol–water partition coefficient (Wildman–Crippen LogP) is -0.265. The Hall–Kier alpha value is -2.32. The van der Waals surface area contributed by atoms with Crippen LogP contribution in [0.5, 0.6) is 0 Å². The molecule has 0 saturated heterocycles. The van der Waals surface area contributed by atoms with Gasteiger partial charge in [-0.15, -0.1) is 5.10 Å². The molecule has 82 valence electrons. The van der Waals surface area contributed by atoms with Crippen LogP contribution in [0.15, 0.2) is 9.73 Å². The smallest absolute Gasteiger partial charge is 0.244 e. The summed E-state index contributed by atoms with van der Waals surface area (Å²) < 4.78 is 4.68. The maximum atomic E-state index is 4.68. The summed E-state index contributed by atoms with van der Waals surface area (Å²) in [6.07, 6.45) is 2.68. The Labute approximate surface area is 89.3 Å². The second-order valence-corrected chi connectivity index (χ2v) is 3.32. The number of hydrogen-bond donors (Lipinski definition) is 2. The van der Waals surface area contributed by atoms with Gasteiger partial charge < -0.3 is 0 Å². The topological polar surface area (TPSA) is 118 Å². The van der Waals surface area contributed by atoms with Crippen molar-refractivity contribution in [2.45, 2.75) is 19.3 Å². The van der Waals surface area contributed by atoms with Gasteiger partial charge in [-0.3, -0.25) is 0 Å². The average Bonchev–Trinajstić information content (AvgIpc) is 2.97. The fourth-order valence-corrected chi connectivity index (χ4v) is 1.57. The van der Waals surface area contributed by atoms with E-state index in [1.807, 2.05) is 0 Å². The van der Waals surface area contributed by atoms with E-state index >= 15 is 0 Å². The first-order valence-corrected chi connectivity index (χ1v) is 4.81. The fourth-order valence-electron chi connectivity index (χ4n) is 1.57. The van der Waals surface area contributed by atoms with Crippen molar-refractivity contribution < 1.29 is 4.63 Å². The van der Waals surface area contributed by atoms with Crippen molar-refractivity contribution in [1.29, 1.82) is 0 Å². The number of tetrazole rings is 1. The molecule has 1 aliphatic carbocycles. The molecule has 0 bridgehead atoms. The highest BCUT2D eigenvalue weighted by molar-refractivity contribution is 6.00. The zero-order valence-corrected chi connectivity index (χ0v) is 8.21. The number of H-pyrrole nitrogens is 1. The molecule has 16 heavy (non-hydrogen) atoms. The molecule has 2 aromatic rings. The maximum Gasteiger partial charge on any atom is 0.283 e. The molecule has 2 aromatic heterocycles. The lowest BCUT2D eigenvalue weighted by Crippen LogP contribution is -2.13. The van der Waals surface area contributed by atoms with E-state index in [1.165, 1.54) is 0 Å². The van der Waals surface area contributed by atoms with E-state index in [1.54, 1.807) is 0 Å².